The van der Waals surface area contributed by atoms with Crippen molar-refractivity contribution in [1.29, 1.82) is 0 Å². The van der Waals surface area contributed by atoms with Crippen LogP contribution >= 0.6 is 0 Å². The maximum absolute atomic E-state index is 10.9. The first-order chi connectivity index (χ1) is 9.46. The van der Waals surface area contributed by atoms with Crippen molar-refractivity contribution in [1.82, 2.24) is 0 Å². The van der Waals surface area contributed by atoms with Crippen LogP contribution in [0.2, 0.25) is 44.0 Å². The third-order valence-corrected chi connectivity index (χ3v) is 52.7. The zero-order valence-corrected chi connectivity index (χ0v) is 11.6. The average molecular weight is 310 g/mol. The number of fused-ring (bicyclic) bond motifs is 10. The van der Waals surface area contributed by atoms with Crippen LogP contribution in [0.5, 0.6) is 0 Å². The normalized spacial score (nSPS) is 103. The van der Waals surface area contributed by atoms with Crippen LogP contribution < -0.4 is 0 Å². The van der Waals surface area contributed by atoms with Gasteiger partial charge in [-0.1, -0.05) is 0 Å². The van der Waals surface area contributed by atoms with E-state index in [0.717, 1.165) is 4.38 Å². The number of nitro benzene ring substituents is 1. The predicted octanol–water partition coefficient (Wildman–Crippen LogP) is 4.39. The summed E-state index contributed by atoms with van der Waals surface area (Å²) in [5.74, 6) is 0. The summed E-state index contributed by atoms with van der Waals surface area (Å²) < 4.78 is 0.732. The topological polar surface area (TPSA) is 43.1 Å². The monoisotopic (exact) mass is 309 g/mol. The van der Waals surface area contributed by atoms with Crippen LogP contribution in [-0.4, -0.2) is 4.92 Å². The van der Waals surface area contributed by atoms with E-state index in [9.17, 15) is 10.1 Å². The second-order valence-electron chi connectivity index (χ2n) is 10.7. The van der Waals surface area contributed by atoms with Gasteiger partial charge in [-0.05, 0) is 0 Å². The van der Waals surface area contributed by atoms with Gasteiger partial charge in [0.1, 0.15) is 0 Å². The Morgan fingerprint density at radius 2 is 1.40 bits per heavy atom. The summed E-state index contributed by atoms with van der Waals surface area (Å²) in [6, 6.07) is 7.94. The van der Waals surface area contributed by atoms with Gasteiger partial charge in [-0.25, -0.2) is 0 Å². The van der Waals surface area contributed by atoms with Gasteiger partial charge in [-0.2, -0.15) is 0 Å². The summed E-state index contributed by atoms with van der Waals surface area (Å²) in [6.07, 6.45) is -2.85. The molecule has 10 saturated heterocycles. The molecule has 0 amide bonds. The molecular formula is C16H13NNiO2. The summed E-state index contributed by atoms with van der Waals surface area (Å²) >= 11 is 0. The molecule has 10 fully saturated rings. The van der Waals surface area contributed by atoms with Crippen LogP contribution in [0.1, 0.15) is 5.56 Å². The minimum atomic E-state index is -2.85. The van der Waals surface area contributed by atoms with Gasteiger partial charge >= 0.3 is 105 Å². The quantitative estimate of drug-likeness (QED) is 0.462. The molecule has 0 saturated carbocycles. The van der Waals surface area contributed by atoms with E-state index in [-0.39, 0.29) is 10.6 Å². The zero-order valence-electron chi connectivity index (χ0n) is 10.6. The van der Waals surface area contributed by atoms with E-state index < -0.39 is 6.23 Å². The minimum absolute atomic E-state index is 0.249. The standard InChI is InChI=1S/C11H8NO2.C5H5.Ni/c13-12(14)11-7-5-10(6-8-11)9-3-1-2-4-9;1-2-4-5-3-1;/h1-8H;1-5H;. The summed E-state index contributed by atoms with van der Waals surface area (Å²) in [6.45, 7) is 0. The number of rotatable bonds is 2. The summed E-state index contributed by atoms with van der Waals surface area (Å²) in [5.41, 5.74) is 1.86. The molecule has 4 atom stereocenters. The molecule has 20 heavy (non-hydrogen) atoms. The van der Waals surface area contributed by atoms with Crippen molar-refractivity contribution in [2.75, 3.05) is 0 Å². The van der Waals surface area contributed by atoms with E-state index in [4.69, 9.17) is 0 Å². The number of nitrogens with zero attached hydrogens (tertiary/aromatic N) is 1. The fourth-order valence-electron chi connectivity index (χ4n) is 15.9. The van der Waals surface area contributed by atoms with Gasteiger partial charge in [-0.3, -0.25) is 0 Å². The van der Waals surface area contributed by atoms with E-state index in [1.165, 1.54) is 44.0 Å². The Hall–Kier alpha value is -0.886. The van der Waals surface area contributed by atoms with Crippen LogP contribution in [0.25, 0.3) is 0 Å². The second kappa shape index (κ2) is 0.653. The number of non-ortho nitro benzene ring substituents is 1. The molecule has 11 rings (SSSR count). The van der Waals surface area contributed by atoms with E-state index >= 15 is 0 Å². The maximum atomic E-state index is 10.9. The Labute approximate surface area is 105 Å². The fraction of sp³-hybridized carbons (Fsp3) is 0.625. The molecule has 0 bridgehead atoms. The third kappa shape index (κ3) is 0.0825. The van der Waals surface area contributed by atoms with Gasteiger partial charge in [0.05, 0.1) is 0 Å². The van der Waals surface area contributed by atoms with E-state index in [0.29, 0.717) is 0 Å². The average Bonchev–Trinajstić information content (AvgIpc) is 3.39. The van der Waals surface area contributed by atoms with E-state index in [2.05, 4.69) is 12.1 Å². The molecule has 0 N–H and O–H groups in total. The first kappa shape index (κ1) is 7.40. The van der Waals surface area contributed by atoms with Crippen LogP contribution in [0.3, 0.4) is 0 Å². The summed E-state index contributed by atoms with van der Waals surface area (Å²) in [5, 5.41) is 10.9. The first-order valence-electron chi connectivity index (χ1n) is 7.71. The van der Waals surface area contributed by atoms with Crippen molar-refractivity contribution in [3.8, 4) is 0 Å². The molecule has 1 aromatic rings. The Kier molecular flexibility index (Phi) is 0.242. The molecule has 1 spiro atoms. The Bertz CT molecular complexity index is 1170. The van der Waals surface area contributed by atoms with Crippen molar-refractivity contribution < 1.29 is 11.2 Å². The van der Waals surface area contributed by atoms with E-state index in [1.807, 2.05) is 0 Å². The second-order valence-corrected chi connectivity index (χ2v) is 31.8. The van der Waals surface area contributed by atoms with Crippen LogP contribution in [0.4, 0.5) is 5.69 Å². The van der Waals surface area contributed by atoms with Crippen LogP contribution in [0, 0.1) is 10.1 Å². The van der Waals surface area contributed by atoms with Crippen molar-refractivity contribution in [3.63, 3.8) is 0 Å². The number of nitro groups is 1. The zero-order chi connectivity index (χ0) is 12.6. The summed E-state index contributed by atoms with van der Waals surface area (Å²) in [4.78, 5) is 22.3. The Morgan fingerprint density at radius 1 is 0.900 bits per heavy atom. The molecule has 4 heteroatoms. The molecule has 0 radical (unpaired) electrons. The van der Waals surface area contributed by atoms with Gasteiger partial charge in [-0.15, -0.1) is 0 Å². The van der Waals surface area contributed by atoms with Gasteiger partial charge in [0, 0.05) is 0 Å². The SMILES string of the molecule is O=[N+]([O-])c1ccc([C]23[CH]4[CH]5[CH]6[CH]2[Ni]56432789[CH]3[CH]2[CH]7[CH]8[CH]39)cc1. The van der Waals surface area contributed by atoms with Crippen molar-refractivity contribution >= 4 is 5.69 Å². The van der Waals surface area contributed by atoms with Crippen molar-refractivity contribution in [2.24, 2.45) is 0 Å². The van der Waals surface area contributed by atoms with Crippen molar-refractivity contribution in [2.45, 2.75) is 48.4 Å². The van der Waals surface area contributed by atoms with Gasteiger partial charge in [0.15, 0.2) is 0 Å². The molecule has 10 aliphatic rings. The number of benzene rings is 1. The molecular weight excluding hydrogens is 297 g/mol. The number of hydrogen-bond donors (Lipinski definition) is 0. The Balaban J connectivity index is 1.39. The van der Waals surface area contributed by atoms with Gasteiger partial charge in [0.25, 0.3) is 0 Å². The molecule has 0 aliphatic carbocycles. The fourth-order valence-corrected chi connectivity index (χ4v) is 79.6. The molecule has 1 aromatic carbocycles. The van der Waals surface area contributed by atoms with E-state index in [1.54, 1.807) is 17.7 Å². The van der Waals surface area contributed by atoms with Gasteiger partial charge in [0.2, 0.25) is 0 Å². The van der Waals surface area contributed by atoms with Gasteiger partial charge < -0.3 is 0 Å². The van der Waals surface area contributed by atoms with Crippen LogP contribution in [-0.2, 0) is 10.6 Å². The number of hydrogen-bond acceptors (Lipinski definition) is 2. The first-order valence-corrected chi connectivity index (χ1v) is 13.3. The molecule has 4 unspecified atom stereocenters. The molecule has 10 aliphatic heterocycles. The van der Waals surface area contributed by atoms with Crippen molar-refractivity contribution in [3.05, 3.63) is 39.9 Å². The Morgan fingerprint density at radius 3 is 1.70 bits per heavy atom. The third-order valence-electron chi connectivity index (χ3n) is 14.8. The molecule has 0 aromatic heterocycles. The predicted molar refractivity (Wildman–Crippen MR) is 68.5 cm³/mol. The van der Waals surface area contributed by atoms with Crippen LogP contribution in [0.15, 0.2) is 24.3 Å². The molecule has 10 heterocycles. The molecule has 3 nitrogen and oxygen atoms in total. The molecule has 104 valence electrons. The summed E-state index contributed by atoms with van der Waals surface area (Å²) in [7, 11) is 0.